The van der Waals surface area contributed by atoms with Crippen molar-refractivity contribution in [1.29, 1.82) is 0 Å². The van der Waals surface area contributed by atoms with Crippen LogP contribution >= 0.6 is 11.8 Å². The molecule has 0 heterocycles. The Labute approximate surface area is 159 Å². The van der Waals surface area contributed by atoms with Crippen LogP contribution in [0.5, 0.6) is 0 Å². The molecule has 1 unspecified atom stereocenters. The quantitative estimate of drug-likeness (QED) is 0.360. The van der Waals surface area contributed by atoms with Crippen LogP contribution in [0.15, 0.2) is 46.4 Å². The molecule has 0 saturated heterocycles. The fraction of sp³-hybridized carbons (Fsp3) is 0.652. The fourth-order valence-corrected chi connectivity index (χ4v) is 4.84. The Morgan fingerprint density at radius 1 is 1.08 bits per heavy atom. The largest absolute Gasteiger partial charge is 0.360 e. The minimum absolute atomic E-state index is 0.0762. The molecule has 0 aromatic carbocycles. The number of allylic oxidation sites excluding steroid dienone is 5. The second-order valence-corrected chi connectivity index (χ2v) is 10.6. The van der Waals surface area contributed by atoms with E-state index in [1.54, 1.807) is 0 Å². The summed E-state index contributed by atoms with van der Waals surface area (Å²) in [6.45, 7) is 16.9. The van der Waals surface area contributed by atoms with Crippen molar-refractivity contribution >= 4 is 11.8 Å². The van der Waals surface area contributed by atoms with Gasteiger partial charge < -0.3 is 4.74 Å². The van der Waals surface area contributed by atoms with Crippen molar-refractivity contribution in [3.8, 4) is 0 Å². The average molecular weight is 361 g/mol. The van der Waals surface area contributed by atoms with E-state index in [0.717, 1.165) is 25.9 Å². The highest BCUT2D eigenvalue weighted by Gasteiger charge is 2.44. The van der Waals surface area contributed by atoms with Crippen LogP contribution in [-0.4, -0.2) is 11.5 Å². The van der Waals surface area contributed by atoms with Gasteiger partial charge in [0.25, 0.3) is 0 Å². The molecular weight excluding hydrogens is 324 g/mol. The predicted molar refractivity (Wildman–Crippen MR) is 113 cm³/mol. The number of hydrogen-bond donors (Lipinski definition) is 0. The van der Waals surface area contributed by atoms with Gasteiger partial charge in [-0.25, -0.2) is 0 Å². The third-order valence-electron chi connectivity index (χ3n) is 4.83. The lowest BCUT2D eigenvalue weighted by atomic mass is 9.74. The summed E-state index contributed by atoms with van der Waals surface area (Å²) in [5.41, 5.74) is 3.11. The Hall–Kier alpha value is -0.730. The molecule has 0 bridgehead atoms. The molecule has 1 atom stereocenters. The minimum Gasteiger partial charge on any atom is -0.360 e. The van der Waals surface area contributed by atoms with Crippen molar-refractivity contribution in [3.05, 3.63) is 46.4 Å². The Morgan fingerprint density at radius 3 is 2.32 bits per heavy atom. The van der Waals surface area contributed by atoms with Crippen molar-refractivity contribution in [2.24, 2.45) is 10.8 Å². The zero-order valence-corrected chi connectivity index (χ0v) is 18.1. The molecule has 0 aromatic heterocycles. The van der Waals surface area contributed by atoms with E-state index in [0.29, 0.717) is 0 Å². The van der Waals surface area contributed by atoms with E-state index in [1.807, 2.05) is 11.8 Å². The SMILES string of the molecule is CCCCOC1(SC2=CCC=C2)CC=C(C(C)(C)C)C=C1C(C)(C)C. The van der Waals surface area contributed by atoms with Crippen LogP contribution in [0.2, 0.25) is 0 Å². The summed E-state index contributed by atoms with van der Waals surface area (Å²) < 4.78 is 6.65. The lowest BCUT2D eigenvalue weighted by molar-refractivity contribution is 0.0383. The summed E-state index contributed by atoms with van der Waals surface area (Å²) in [6, 6.07) is 0. The van der Waals surface area contributed by atoms with Gasteiger partial charge in [-0.15, -0.1) is 0 Å². The molecule has 1 nitrogen and oxygen atoms in total. The molecule has 2 aliphatic rings. The molecule has 0 spiro atoms. The predicted octanol–water partition coefficient (Wildman–Crippen LogP) is 7.43. The Morgan fingerprint density at radius 2 is 1.80 bits per heavy atom. The molecule has 0 radical (unpaired) electrons. The maximum Gasteiger partial charge on any atom is 0.143 e. The molecule has 25 heavy (non-hydrogen) atoms. The van der Waals surface area contributed by atoms with Crippen molar-refractivity contribution in [3.63, 3.8) is 0 Å². The molecule has 2 aliphatic carbocycles. The van der Waals surface area contributed by atoms with Crippen LogP contribution in [0, 0.1) is 10.8 Å². The first-order valence-electron chi connectivity index (χ1n) is 9.71. The smallest absolute Gasteiger partial charge is 0.143 e. The van der Waals surface area contributed by atoms with Crippen LogP contribution in [0.1, 0.15) is 74.1 Å². The summed E-state index contributed by atoms with van der Waals surface area (Å²) in [5, 5.41) is 0. The summed E-state index contributed by atoms with van der Waals surface area (Å²) in [6.07, 6.45) is 15.9. The number of thioether (sulfide) groups is 1. The van der Waals surface area contributed by atoms with Crippen LogP contribution in [-0.2, 0) is 4.74 Å². The molecule has 0 aromatic rings. The Kier molecular flexibility index (Phi) is 6.49. The van der Waals surface area contributed by atoms with E-state index >= 15 is 0 Å². The van der Waals surface area contributed by atoms with Crippen LogP contribution < -0.4 is 0 Å². The van der Waals surface area contributed by atoms with Gasteiger partial charge in [0.05, 0.1) is 0 Å². The number of rotatable bonds is 6. The maximum absolute atomic E-state index is 6.65. The summed E-state index contributed by atoms with van der Waals surface area (Å²) in [4.78, 5) is 1.07. The zero-order valence-electron chi connectivity index (χ0n) is 17.2. The van der Waals surface area contributed by atoms with E-state index in [-0.39, 0.29) is 15.8 Å². The fourth-order valence-electron chi connectivity index (χ4n) is 3.34. The molecule has 140 valence electrons. The van der Waals surface area contributed by atoms with Crippen molar-refractivity contribution in [2.45, 2.75) is 79.1 Å². The molecule has 0 N–H and O–H groups in total. The molecule has 0 saturated carbocycles. The Balaban J connectivity index is 2.43. The maximum atomic E-state index is 6.65. The van der Waals surface area contributed by atoms with Crippen LogP contribution in [0.4, 0.5) is 0 Å². The van der Waals surface area contributed by atoms with Gasteiger partial charge in [0, 0.05) is 17.9 Å². The van der Waals surface area contributed by atoms with Gasteiger partial charge >= 0.3 is 0 Å². The number of unbranched alkanes of at least 4 members (excludes halogenated alkanes) is 1. The highest BCUT2D eigenvalue weighted by Crippen LogP contribution is 2.53. The molecular formula is C23H36OS. The van der Waals surface area contributed by atoms with Gasteiger partial charge in [0.15, 0.2) is 0 Å². The second-order valence-electron chi connectivity index (χ2n) is 9.22. The molecule has 0 fully saturated rings. The normalized spacial score (nSPS) is 24.2. The van der Waals surface area contributed by atoms with Gasteiger partial charge in [0.2, 0.25) is 0 Å². The minimum atomic E-state index is -0.275. The summed E-state index contributed by atoms with van der Waals surface area (Å²) in [5.74, 6) is 0. The topological polar surface area (TPSA) is 9.23 Å². The van der Waals surface area contributed by atoms with E-state index < -0.39 is 0 Å². The first kappa shape index (κ1) is 20.6. The second kappa shape index (κ2) is 7.88. The van der Waals surface area contributed by atoms with E-state index in [1.165, 1.54) is 22.5 Å². The van der Waals surface area contributed by atoms with E-state index in [9.17, 15) is 0 Å². The van der Waals surface area contributed by atoms with Crippen molar-refractivity contribution < 1.29 is 4.74 Å². The van der Waals surface area contributed by atoms with Gasteiger partial charge in [-0.1, -0.05) is 97.0 Å². The average Bonchev–Trinajstić information content (AvgIpc) is 2.98. The molecule has 2 heteroatoms. The molecule has 0 aliphatic heterocycles. The summed E-state index contributed by atoms with van der Waals surface area (Å²) >= 11 is 1.91. The molecule has 0 amide bonds. The van der Waals surface area contributed by atoms with Crippen molar-refractivity contribution in [1.82, 2.24) is 0 Å². The standard InChI is InChI=1S/C23H36OS/c1-8-9-16-24-23(25-19-12-10-11-13-19)15-14-18(21(2,3)4)17-20(23)22(5,6)7/h10,12-14,17H,8-9,11,15-16H2,1-7H3. The monoisotopic (exact) mass is 360 g/mol. The third kappa shape index (κ3) is 5.14. The highest BCUT2D eigenvalue weighted by atomic mass is 32.2. The Bertz CT molecular complexity index is 593. The lowest BCUT2D eigenvalue weighted by Crippen LogP contribution is -2.39. The third-order valence-corrected chi connectivity index (χ3v) is 6.20. The molecule has 2 rings (SSSR count). The van der Waals surface area contributed by atoms with E-state index in [2.05, 4.69) is 78.8 Å². The van der Waals surface area contributed by atoms with Crippen LogP contribution in [0.25, 0.3) is 0 Å². The number of hydrogen-bond acceptors (Lipinski definition) is 2. The highest BCUT2D eigenvalue weighted by molar-refractivity contribution is 8.04. The summed E-state index contributed by atoms with van der Waals surface area (Å²) in [7, 11) is 0. The number of ether oxygens (including phenoxy) is 1. The first-order chi connectivity index (χ1) is 11.6. The van der Waals surface area contributed by atoms with Crippen LogP contribution in [0.3, 0.4) is 0 Å². The van der Waals surface area contributed by atoms with Crippen molar-refractivity contribution in [2.75, 3.05) is 6.61 Å². The lowest BCUT2D eigenvalue weighted by Gasteiger charge is -2.44. The zero-order chi connectivity index (χ0) is 18.7. The van der Waals surface area contributed by atoms with Gasteiger partial charge in [-0.2, -0.15) is 0 Å². The van der Waals surface area contributed by atoms with Gasteiger partial charge in [0.1, 0.15) is 4.93 Å². The first-order valence-corrected chi connectivity index (χ1v) is 10.5. The van der Waals surface area contributed by atoms with Gasteiger partial charge in [-0.3, -0.25) is 0 Å². The van der Waals surface area contributed by atoms with E-state index in [4.69, 9.17) is 4.74 Å². The van der Waals surface area contributed by atoms with Gasteiger partial charge in [-0.05, 0) is 34.8 Å².